The van der Waals surface area contributed by atoms with Crippen LogP contribution in [0.4, 0.5) is 0 Å². The Morgan fingerprint density at radius 3 is 2.51 bits per heavy atom. The van der Waals surface area contributed by atoms with E-state index in [1.54, 1.807) is 12.1 Å². The van der Waals surface area contributed by atoms with Gasteiger partial charge in [0, 0.05) is 22.6 Å². The summed E-state index contributed by atoms with van der Waals surface area (Å²) in [6, 6.07) is 4.71. The molecule has 0 spiro atoms. The zero-order valence-corrected chi connectivity index (χ0v) is 20.2. The Balaban J connectivity index is 1.68. The van der Waals surface area contributed by atoms with Crippen LogP contribution < -0.4 is 4.74 Å². The second kappa shape index (κ2) is 8.79. The summed E-state index contributed by atoms with van der Waals surface area (Å²) < 4.78 is 11.5. The topological polar surface area (TPSA) is 110 Å². The summed E-state index contributed by atoms with van der Waals surface area (Å²) in [6.07, 6.45) is 4.26. The molecule has 0 radical (unpaired) electrons. The average molecular weight is 479 g/mol. The fourth-order valence-corrected chi connectivity index (χ4v) is 6.17. The molecule has 1 unspecified atom stereocenters. The van der Waals surface area contributed by atoms with Crippen molar-refractivity contribution in [2.24, 2.45) is 5.92 Å². The molecule has 35 heavy (non-hydrogen) atoms. The van der Waals surface area contributed by atoms with Gasteiger partial charge in [-0.25, -0.2) is 0 Å². The molecule has 1 saturated heterocycles. The lowest BCUT2D eigenvalue weighted by Gasteiger charge is -2.37. The molecular weight excluding hydrogens is 448 g/mol. The molecule has 2 aromatic rings. The van der Waals surface area contributed by atoms with Crippen molar-refractivity contribution in [3.8, 4) is 17.2 Å². The highest BCUT2D eigenvalue weighted by Crippen LogP contribution is 2.52. The van der Waals surface area contributed by atoms with Crippen molar-refractivity contribution >= 4 is 17.3 Å². The maximum absolute atomic E-state index is 13.6. The van der Waals surface area contributed by atoms with E-state index in [-0.39, 0.29) is 75.8 Å². The van der Waals surface area contributed by atoms with Gasteiger partial charge >= 0.3 is 0 Å². The third-order valence-corrected chi connectivity index (χ3v) is 7.87. The predicted molar refractivity (Wildman–Crippen MR) is 128 cm³/mol. The third-order valence-electron chi connectivity index (χ3n) is 7.87. The van der Waals surface area contributed by atoms with Crippen molar-refractivity contribution < 1.29 is 34.1 Å². The molecule has 1 aliphatic heterocycles. The van der Waals surface area contributed by atoms with Gasteiger partial charge in [0.05, 0.1) is 36.0 Å². The van der Waals surface area contributed by atoms with E-state index >= 15 is 0 Å². The smallest absolute Gasteiger partial charge is 0.202 e. The van der Waals surface area contributed by atoms with Gasteiger partial charge in [-0.2, -0.15) is 0 Å². The maximum atomic E-state index is 13.6. The van der Waals surface area contributed by atoms with E-state index in [1.165, 1.54) is 20.1 Å². The van der Waals surface area contributed by atoms with Gasteiger partial charge in [-0.15, -0.1) is 0 Å². The number of phenolic OH excluding ortho intramolecular Hbond substituents is 2. The molecule has 4 atom stereocenters. The minimum atomic E-state index is -0.558. The lowest BCUT2D eigenvalue weighted by Crippen LogP contribution is -2.32. The SMILES string of the molecule is COc1cccc2c1C(=O)c1c(O)c3c(c(O)c1C2=O)CC(C(C)=O)C[C@@H]3C[C@H]1CCC[C@H](C)O1. The summed E-state index contributed by atoms with van der Waals surface area (Å²) in [6.45, 7) is 3.56. The number of rotatable bonds is 4. The molecule has 184 valence electrons. The first-order chi connectivity index (χ1) is 16.7. The summed E-state index contributed by atoms with van der Waals surface area (Å²) >= 11 is 0. The minimum Gasteiger partial charge on any atom is -0.507 e. The second-order valence-corrected chi connectivity index (χ2v) is 10.1. The summed E-state index contributed by atoms with van der Waals surface area (Å²) in [5.74, 6) is -2.10. The number of methoxy groups -OCH3 is 1. The first-order valence-corrected chi connectivity index (χ1v) is 12.3. The highest BCUT2D eigenvalue weighted by molar-refractivity contribution is 6.31. The number of aromatic hydroxyl groups is 2. The molecule has 1 fully saturated rings. The zero-order chi connectivity index (χ0) is 25.0. The number of Topliss-reactive ketones (excluding diaryl/α,β-unsaturated/α-hetero) is 1. The molecule has 5 rings (SSSR count). The Morgan fingerprint density at radius 2 is 1.83 bits per heavy atom. The molecule has 7 heteroatoms. The molecule has 0 bridgehead atoms. The lowest BCUT2D eigenvalue weighted by molar-refractivity contribution is -0.121. The first kappa shape index (κ1) is 23.5. The summed E-state index contributed by atoms with van der Waals surface area (Å²) in [7, 11) is 1.41. The van der Waals surface area contributed by atoms with Crippen molar-refractivity contribution in [3.63, 3.8) is 0 Å². The Hall–Kier alpha value is -3.19. The molecule has 0 amide bonds. The van der Waals surface area contributed by atoms with E-state index in [1.807, 2.05) is 6.92 Å². The van der Waals surface area contributed by atoms with E-state index < -0.39 is 11.6 Å². The quantitative estimate of drug-likeness (QED) is 0.533. The van der Waals surface area contributed by atoms with Gasteiger partial charge in [-0.05, 0) is 64.4 Å². The standard InChI is InChI=1S/C28H30O7/c1-13-6-4-7-17(35-13)11-16-10-15(14(2)29)12-19-21(16)27(32)24-23(26(19)31)25(30)18-8-5-9-20(34-3)22(18)28(24)33/h5,8-9,13,15-17,31-32H,4,6-7,10-12H2,1-3H3/t13-,15?,16+,17+/m0/s1. The number of carbonyl (C=O) groups excluding carboxylic acids is 3. The molecule has 7 nitrogen and oxygen atoms in total. The van der Waals surface area contributed by atoms with E-state index in [0.29, 0.717) is 24.0 Å². The van der Waals surface area contributed by atoms with E-state index in [4.69, 9.17) is 9.47 Å². The number of fused-ring (bicyclic) bond motifs is 3. The fraction of sp³-hybridized carbons (Fsp3) is 0.464. The van der Waals surface area contributed by atoms with Crippen LogP contribution in [0.15, 0.2) is 18.2 Å². The molecule has 2 aliphatic carbocycles. The highest BCUT2D eigenvalue weighted by atomic mass is 16.5. The van der Waals surface area contributed by atoms with Crippen molar-refractivity contribution in [2.75, 3.05) is 7.11 Å². The zero-order valence-electron chi connectivity index (χ0n) is 20.2. The van der Waals surface area contributed by atoms with Crippen LogP contribution >= 0.6 is 0 Å². The first-order valence-electron chi connectivity index (χ1n) is 12.3. The monoisotopic (exact) mass is 478 g/mol. The van der Waals surface area contributed by atoms with Crippen LogP contribution in [0.25, 0.3) is 0 Å². The van der Waals surface area contributed by atoms with Crippen LogP contribution in [-0.2, 0) is 16.0 Å². The molecule has 0 saturated carbocycles. The fourth-order valence-electron chi connectivity index (χ4n) is 6.17. The van der Waals surface area contributed by atoms with Crippen molar-refractivity contribution in [3.05, 3.63) is 51.6 Å². The molecule has 0 aromatic heterocycles. The van der Waals surface area contributed by atoms with Gasteiger partial charge in [0.2, 0.25) is 5.78 Å². The molecule has 1 heterocycles. The predicted octanol–water partition coefficient (Wildman–Crippen LogP) is 4.46. The van der Waals surface area contributed by atoms with Gasteiger partial charge in [0.1, 0.15) is 23.0 Å². The van der Waals surface area contributed by atoms with Crippen LogP contribution in [0.2, 0.25) is 0 Å². The maximum Gasteiger partial charge on any atom is 0.202 e. The van der Waals surface area contributed by atoms with Crippen LogP contribution in [0.3, 0.4) is 0 Å². The molecule has 2 aromatic carbocycles. The van der Waals surface area contributed by atoms with Gasteiger partial charge in [-0.3, -0.25) is 14.4 Å². The van der Waals surface area contributed by atoms with Gasteiger partial charge in [0.15, 0.2) is 5.78 Å². The average Bonchev–Trinajstić information content (AvgIpc) is 2.83. The van der Waals surface area contributed by atoms with Crippen LogP contribution in [0, 0.1) is 5.92 Å². The Morgan fingerprint density at radius 1 is 1.09 bits per heavy atom. The van der Waals surface area contributed by atoms with Gasteiger partial charge in [-0.1, -0.05) is 12.1 Å². The number of benzene rings is 2. The normalized spacial score (nSPS) is 25.5. The van der Waals surface area contributed by atoms with Crippen LogP contribution in [-0.4, -0.2) is 46.9 Å². The number of hydrogen-bond acceptors (Lipinski definition) is 7. The number of carbonyl (C=O) groups is 3. The van der Waals surface area contributed by atoms with Crippen molar-refractivity contribution in [2.45, 2.75) is 70.5 Å². The van der Waals surface area contributed by atoms with Crippen molar-refractivity contribution in [1.29, 1.82) is 0 Å². The van der Waals surface area contributed by atoms with E-state index in [2.05, 4.69) is 0 Å². The second-order valence-electron chi connectivity index (χ2n) is 10.1. The number of ketones is 3. The van der Waals surface area contributed by atoms with Crippen LogP contribution in [0.1, 0.15) is 94.8 Å². The van der Waals surface area contributed by atoms with Gasteiger partial charge < -0.3 is 19.7 Å². The summed E-state index contributed by atoms with van der Waals surface area (Å²) in [4.78, 5) is 39.5. The largest absolute Gasteiger partial charge is 0.507 e. The Kier molecular flexibility index (Phi) is 5.91. The van der Waals surface area contributed by atoms with E-state index in [0.717, 1.165) is 19.3 Å². The molecular formula is C28H30O7. The highest BCUT2D eigenvalue weighted by Gasteiger charge is 2.43. The third kappa shape index (κ3) is 3.73. The Labute approximate surface area is 204 Å². The summed E-state index contributed by atoms with van der Waals surface area (Å²) in [5.41, 5.74) is 0.663. The molecule has 3 aliphatic rings. The molecule has 2 N–H and O–H groups in total. The lowest BCUT2D eigenvalue weighted by atomic mass is 9.69. The Bertz CT molecular complexity index is 1240. The number of hydrogen-bond donors (Lipinski definition) is 2. The van der Waals surface area contributed by atoms with Gasteiger partial charge in [0.25, 0.3) is 0 Å². The van der Waals surface area contributed by atoms with Crippen molar-refractivity contribution in [1.82, 2.24) is 0 Å². The van der Waals surface area contributed by atoms with E-state index in [9.17, 15) is 24.6 Å². The van der Waals surface area contributed by atoms with Crippen LogP contribution in [0.5, 0.6) is 17.2 Å². The number of phenols is 2. The minimum absolute atomic E-state index is 0.00678. The summed E-state index contributed by atoms with van der Waals surface area (Å²) in [5, 5.41) is 22.9. The number of ether oxygens (including phenoxy) is 2.